The first-order chi connectivity index (χ1) is 10.2. The highest BCUT2D eigenvalue weighted by atomic mass is 16.5. The molecule has 0 fully saturated rings. The van der Waals surface area contributed by atoms with Crippen LogP contribution in [0.2, 0.25) is 0 Å². The van der Waals surface area contributed by atoms with Crippen molar-refractivity contribution < 1.29 is 9.53 Å². The average molecular weight is 296 g/mol. The lowest BCUT2D eigenvalue weighted by molar-refractivity contribution is -0.143. The Balaban J connectivity index is 2.64. The monoisotopic (exact) mass is 296 g/mol. The fourth-order valence-electron chi connectivity index (χ4n) is 2.24. The van der Waals surface area contributed by atoms with Gasteiger partial charge in [0.2, 0.25) is 0 Å². The molecule has 0 saturated heterocycles. The van der Waals surface area contributed by atoms with Gasteiger partial charge in [-0.05, 0) is 19.5 Å². The van der Waals surface area contributed by atoms with Crippen molar-refractivity contribution in [1.82, 2.24) is 20.0 Å². The maximum Gasteiger partial charge on any atom is 0.327 e. The highest BCUT2D eigenvalue weighted by Crippen LogP contribution is 2.13. The van der Waals surface area contributed by atoms with Gasteiger partial charge in [0.05, 0.1) is 13.3 Å². The molecule has 0 aliphatic carbocycles. The molecule has 0 aliphatic heterocycles. The largest absolute Gasteiger partial charge is 0.468 e. The van der Waals surface area contributed by atoms with Gasteiger partial charge in [-0.15, -0.1) is 0 Å². The van der Waals surface area contributed by atoms with Gasteiger partial charge in [-0.2, -0.15) is 5.10 Å². The molecule has 0 amide bonds. The number of ether oxygens (including phenoxy) is 1. The average Bonchev–Trinajstić information content (AvgIpc) is 2.95. The van der Waals surface area contributed by atoms with Crippen molar-refractivity contribution in [1.29, 1.82) is 0 Å². The molecule has 0 aromatic carbocycles. The molecule has 0 aliphatic rings. The number of esters is 1. The summed E-state index contributed by atoms with van der Waals surface area (Å²) in [5.41, 5.74) is 0.856. The van der Waals surface area contributed by atoms with Crippen molar-refractivity contribution in [2.45, 2.75) is 39.8 Å². The summed E-state index contributed by atoms with van der Waals surface area (Å²) in [5.74, 6) is -0.273. The molecule has 1 unspecified atom stereocenters. The van der Waals surface area contributed by atoms with Gasteiger partial charge in [0.1, 0.15) is 6.04 Å². The highest BCUT2D eigenvalue weighted by Gasteiger charge is 2.22. The number of carbonyl (C=O) groups is 1. The van der Waals surface area contributed by atoms with Crippen molar-refractivity contribution in [2.75, 3.05) is 33.3 Å². The number of likely N-dealkylation sites (N-methyl/N-ethyl adjacent to an activating group) is 1. The summed E-state index contributed by atoms with van der Waals surface area (Å²) in [5, 5.41) is 7.55. The van der Waals surface area contributed by atoms with Crippen LogP contribution in [0.5, 0.6) is 0 Å². The van der Waals surface area contributed by atoms with E-state index in [0.29, 0.717) is 0 Å². The van der Waals surface area contributed by atoms with E-state index in [9.17, 15) is 4.79 Å². The predicted octanol–water partition coefficient (Wildman–Crippen LogP) is 1.44. The van der Waals surface area contributed by atoms with Crippen LogP contribution in [0.15, 0.2) is 12.4 Å². The van der Waals surface area contributed by atoms with E-state index in [-0.39, 0.29) is 5.97 Å². The summed E-state index contributed by atoms with van der Waals surface area (Å²) >= 11 is 0. The molecule has 1 heterocycles. The molecule has 1 atom stereocenters. The van der Waals surface area contributed by atoms with Gasteiger partial charge in [-0.1, -0.05) is 20.8 Å². The number of aromatic nitrogens is 2. The van der Waals surface area contributed by atoms with Crippen LogP contribution in [0.25, 0.3) is 0 Å². The topological polar surface area (TPSA) is 59.4 Å². The number of aryl methyl sites for hydroxylation is 1. The molecule has 1 N–H and O–H groups in total. The zero-order valence-electron chi connectivity index (χ0n) is 13.6. The first-order valence-corrected chi connectivity index (χ1v) is 7.72. The van der Waals surface area contributed by atoms with Crippen LogP contribution in [0, 0.1) is 0 Å². The number of nitrogens with zero attached hydrogens (tertiary/aromatic N) is 3. The van der Waals surface area contributed by atoms with Gasteiger partial charge in [0.15, 0.2) is 0 Å². The van der Waals surface area contributed by atoms with E-state index in [1.807, 2.05) is 10.9 Å². The Morgan fingerprint density at radius 2 is 2.14 bits per heavy atom. The van der Waals surface area contributed by atoms with Crippen LogP contribution in [0.1, 0.15) is 38.8 Å². The van der Waals surface area contributed by atoms with E-state index in [1.165, 1.54) is 7.11 Å². The van der Waals surface area contributed by atoms with Crippen LogP contribution in [-0.4, -0.2) is 53.9 Å². The molecule has 1 rings (SSSR count). The summed E-state index contributed by atoms with van der Waals surface area (Å²) in [6.07, 6.45) is 4.66. The summed E-state index contributed by atoms with van der Waals surface area (Å²) in [6.45, 7) is 10.9. The Bertz CT molecular complexity index is 416. The van der Waals surface area contributed by atoms with E-state index in [1.54, 1.807) is 6.20 Å². The second-order valence-corrected chi connectivity index (χ2v) is 4.97. The minimum atomic E-state index is -0.448. The Labute approximate surface area is 127 Å². The molecule has 0 spiro atoms. The van der Waals surface area contributed by atoms with Crippen molar-refractivity contribution in [2.24, 2.45) is 0 Å². The Morgan fingerprint density at radius 1 is 1.43 bits per heavy atom. The van der Waals surface area contributed by atoms with Gasteiger partial charge in [-0.3, -0.25) is 10.00 Å². The minimum Gasteiger partial charge on any atom is -0.468 e. The quantitative estimate of drug-likeness (QED) is 0.662. The molecular formula is C15H28N4O2. The Hall–Kier alpha value is -1.40. The molecular weight excluding hydrogens is 268 g/mol. The third-order valence-corrected chi connectivity index (χ3v) is 3.55. The Kier molecular flexibility index (Phi) is 8.00. The number of methoxy groups -OCH3 is 1. The van der Waals surface area contributed by atoms with Crippen molar-refractivity contribution >= 4 is 5.97 Å². The maximum atomic E-state index is 12.0. The second-order valence-electron chi connectivity index (χ2n) is 4.97. The lowest BCUT2D eigenvalue weighted by Gasteiger charge is -2.20. The van der Waals surface area contributed by atoms with Crippen molar-refractivity contribution in [3.63, 3.8) is 0 Å². The maximum absolute atomic E-state index is 12.0. The van der Waals surface area contributed by atoms with E-state index in [4.69, 9.17) is 4.74 Å². The molecule has 1 aromatic heterocycles. The van der Waals surface area contributed by atoms with Crippen molar-refractivity contribution in [3.05, 3.63) is 18.0 Å². The normalized spacial score (nSPS) is 12.6. The second kappa shape index (κ2) is 9.52. The summed E-state index contributed by atoms with van der Waals surface area (Å²) in [4.78, 5) is 14.3. The van der Waals surface area contributed by atoms with Gasteiger partial charge in [-0.25, -0.2) is 4.79 Å². The third kappa shape index (κ3) is 5.47. The molecule has 0 bridgehead atoms. The summed E-state index contributed by atoms with van der Waals surface area (Å²) < 4.78 is 6.75. The molecule has 0 saturated carbocycles. The number of carbonyl (C=O) groups excluding carboxylic acids is 1. The van der Waals surface area contributed by atoms with Crippen LogP contribution in [-0.2, 0) is 16.1 Å². The van der Waals surface area contributed by atoms with Crippen LogP contribution in [0.3, 0.4) is 0 Å². The van der Waals surface area contributed by atoms with Gasteiger partial charge < -0.3 is 9.64 Å². The van der Waals surface area contributed by atoms with Crippen LogP contribution in [0.4, 0.5) is 0 Å². The first kappa shape index (κ1) is 17.7. The Morgan fingerprint density at radius 3 is 2.71 bits per heavy atom. The molecule has 21 heavy (non-hydrogen) atoms. The SMILES string of the molecule is CCCn1cc(C(NCCN(CC)CC)C(=O)OC)cn1. The highest BCUT2D eigenvalue weighted by molar-refractivity contribution is 5.77. The lowest BCUT2D eigenvalue weighted by Crippen LogP contribution is -2.36. The number of hydrogen-bond donors (Lipinski definition) is 1. The molecule has 1 aromatic rings. The minimum absolute atomic E-state index is 0.273. The molecule has 120 valence electrons. The zero-order valence-corrected chi connectivity index (χ0v) is 13.6. The van der Waals surface area contributed by atoms with Gasteiger partial charge in [0, 0.05) is 31.4 Å². The molecule has 0 radical (unpaired) electrons. The van der Waals surface area contributed by atoms with E-state index in [0.717, 1.165) is 44.7 Å². The van der Waals surface area contributed by atoms with Crippen LogP contribution < -0.4 is 5.32 Å². The first-order valence-electron chi connectivity index (χ1n) is 7.72. The lowest BCUT2D eigenvalue weighted by atomic mass is 10.1. The number of hydrogen-bond acceptors (Lipinski definition) is 5. The van der Waals surface area contributed by atoms with Gasteiger partial charge >= 0.3 is 5.97 Å². The summed E-state index contributed by atoms with van der Waals surface area (Å²) in [6, 6.07) is -0.448. The predicted molar refractivity (Wildman–Crippen MR) is 83.1 cm³/mol. The molecule has 6 nitrogen and oxygen atoms in total. The van der Waals surface area contributed by atoms with E-state index in [2.05, 4.69) is 36.1 Å². The standard InChI is InChI=1S/C15H28N4O2/c1-5-9-19-12-13(11-17-19)14(15(20)21-4)16-8-10-18(6-2)7-3/h11-12,14,16H,5-10H2,1-4H3. The van der Waals surface area contributed by atoms with Crippen molar-refractivity contribution in [3.8, 4) is 0 Å². The number of rotatable bonds is 10. The number of nitrogens with one attached hydrogen (secondary N) is 1. The van der Waals surface area contributed by atoms with E-state index >= 15 is 0 Å². The summed E-state index contributed by atoms with van der Waals surface area (Å²) in [7, 11) is 1.41. The van der Waals surface area contributed by atoms with Crippen LogP contribution >= 0.6 is 0 Å². The zero-order chi connectivity index (χ0) is 15.7. The fraction of sp³-hybridized carbons (Fsp3) is 0.733. The smallest absolute Gasteiger partial charge is 0.327 e. The third-order valence-electron chi connectivity index (χ3n) is 3.55. The fourth-order valence-corrected chi connectivity index (χ4v) is 2.24. The van der Waals surface area contributed by atoms with Gasteiger partial charge in [0.25, 0.3) is 0 Å². The molecule has 6 heteroatoms. The van der Waals surface area contributed by atoms with E-state index < -0.39 is 6.04 Å².